The monoisotopic (exact) mass is 394 g/mol. The van der Waals surface area contributed by atoms with Crippen molar-refractivity contribution in [3.63, 3.8) is 0 Å². The second-order valence-electron chi connectivity index (χ2n) is 6.33. The highest BCUT2D eigenvalue weighted by Crippen LogP contribution is 2.38. The molecule has 27 heavy (non-hydrogen) atoms. The Morgan fingerprint density at radius 1 is 1.00 bits per heavy atom. The van der Waals surface area contributed by atoms with Crippen LogP contribution in [0.1, 0.15) is 23.5 Å². The topological polar surface area (TPSA) is 99.1 Å². The maximum atomic E-state index is 13.0. The van der Waals surface area contributed by atoms with Crippen molar-refractivity contribution in [2.24, 2.45) is 17.8 Å². The van der Waals surface area contributed by atoms with Gasteiger partial charge in [0.05, 0.1) is 32.1 Å². The first-order chi connectivity index (χ1) is 12.7. The molecule has 0 bridgehead atoms. The summed E-state index contributed by atoms with van der Waals surface area (Å²) in [5, 5.41) is 10.4. The van der Waals surface area contributed by atoms with Crippen molar-refractivity contribution in [2.75, 3.05) is 21.3 Å². The van der Waals surface area contributed by atoms with Crippen molar-refractivity contribution in [3.8, 4) is 11.5 Å². The van der Waals surface area contributed by atoms with Crippen LogP contribution in [0.5, 0.6) is 11.5 Å². The molecule has 0 aliphatic rings. The number of esters is 1. The number of methoxy groups -OCH3 is 3. The molecule has 2 aromatic rings. The van der Waals surface area contributed by atoms with Crippen molar-refractivity contribution < 1.29 is 33.7 Å². The third-order valence-electron chi connectivity index (χ3n) is 4.36. The summed E-state index contributed by atoms with van der Waals surface area (Å²) < 4.78 is 16.0. The zero-order chi connectivity index (χ0) is 20.3. The van der Waals surface area contributed by atoms with Crippen molar-refractivity contribution in [1.82, 2.24) is 0 Å². The van der Waals surface area contributed by atoms with E-state index in [9.17, 15) is 19.5 Å². The molecule has 0 spiro atoms. The van der Waals surface area contributed by atoms with Crippen LogP contribution in [0.15, 0.2) is 18.2 Å². The fourth-order valence-electron chi connectivity index (χ4n) is 3.00. The Morgan fingerprint density at radius 3 is 2.07 bits per heavy atom. The first-order valence-electron chi connectivity index (χ1n) is 8.25. The molecule has 0 radical (unpaired) electrons. The minimum Gasteiger partial charge on any atom is -0.493 e. The van der Waals surface area contributed by atoms with E-state index in [0.29, 0.717) is 11.5 Å². The standard InChI is InChI=1S/C19H22O7S/c1-9(2)15(19(23)26-5)16(18(21)22)17(20)14-7-10-6-11(24-3)12(25-4)8-13(10)27-14/h6-9,15-16H,1-5H3,(H,21,22). The van der Waals surface area contributed by atoms with Crippen LogP contribution in [0.4, 0.5) is 0 Å². The summed E-state index contributed by atoms with van der Waals surface area (Å²) in [6.45, 7) is 3.37. The highest BCUT2D eigenvalue weighted by Gasteiger charge is 2.42. The minimum atomic E-state index is -1.52. The molecule has 7 nitrogen and oxygen atoms in total. The van der Waals surface area contributed by atoms with E-state index in [1.165, 1.54) is 21.3 Å². The molecular weight excluding hydrogens is 372 g/mol. The van der Waals surface area contributed by atoms with Crippen LogP contribution in [0, 0.1) is 17.8 Å². The lowest BCUT2D eigenvalue weighted by Crippen LogP contribution is -2.39. The second kappa shape index (κ2) is 8.39. The molecule has 0 fully saturated rings. The fourth-order valence-corrected chi connectivity index (χ4v) is 4.05. The zero-order valence-electron chi connectivity index (χ0n) is 15.8. The summed E-state index contributed by atoms with van der Waals surface area (Å²) in [5.74, 6) is -4.64. The van der Waals surface area contributed by atoms with Gasteiger partial charge in [-0.05, 0) is 23.4 Å². The largest absolute Gasteiger partial charge is 0.493 e. The molecule has 146 valence electrons. The highest BCUT2D eigenvalue weighted by molar-refractivity contribution is 7.20. The SMILES string of the molecule is COC(=O)C(C(C)C)C(C(=O)O)C(=O)c1cc2cc(OC)c(OC)cc2s1. The predicted octanol–water partition coefficient (Wildman–Crippen LogP) is 3.25. The van der Waals surface area contributed by atoms with E-state index in [1.807, 2.05) is 0 Å². The Kier molecular flexibility index (Phi) is 6.43. The molecule has 0 saturated carbocycles. The van der Waals surface area contributed by atoms with Crippen LogP contribution >= 0.6 is 11.3 Å². The average Bonchev–Trinajstić information content (AvgIpc) is 3.05. The van der Waals surface area contributed by atoms with Gasteiger partial charge in [-0.25, -0.2) is 0 Å². The molecule has 8 heteroatoms. The Bertz CT molecular complexity index is 827. The quantitative estimate of drug-likeness (QED) is 0.417. The van der Waals surface area contributed by atoms with Gasteiger partial charge in [-0.2, -0.15) is 0 Å². The summed E-state index contributed by atoms with van der Waals surface area (Å²) in [5.41, 5.74) is 0. The number of benzene rings is 1. The van der Waals surface area contributed by atoms with Gasteiger partial charge in [0, 0.05) is 10.8 Å². The van der Waals surface area contributed by atoms with Gasteiger partial charge in [-0.15, -0.1) is 11.3 Å². The van der Waals surface area contributed by atoms with E-state index in [1.54, 1.807) is 32.0 Å². The van der Waals surface area contributed by atoms with Crippen molar-refractivity contribution in [1.29, 1.82) is 0 Å². The van der Waals surface area contributed by atoms with Gasteiger partial charge < -0.3 is 19.3 Å². The van der Waals surface area contributed by atoms with Gasteiger partial charge >= 0.3 is 11.9 Å². The summed E-state index contributed by atoms with van der Waals surface area (Å²) in [6, 6.07) is 5.05. The number of aliphatic carboxylic acids is 1. The number of hydrogen-bond acceptors (Lipinski definition) is 7. The van der Waals surface area contributed by atoms with E-state index in [-0.39, 0.29) is 10.8 Å². The lowest BCUT2D eigenvalue weighted by Gasteiger charge is -2.23. The fraction of sp³-hybridized carbons (Fsp3) is 0.421. The van der Waals surface area contributed by atoms with Crippen LogP contribution in [0.25, 0.3) is 10.1 Å². The van der Waals surface area contributed by atoms with E-state index >= 15 is 0 Å². The maximum Gasteiger partial charge on any atom is 0.315 e. The van der Waals surface area contributed by atoms with Crippen LogP contribution in [-0.4, -0.2) is 44.2 Å². The normalized spacial score (nSPS) is 13.3. The minimum absolute atomic E-state index is 0.252. The van der Waals surface area contributed by atoms with Crippen molar-refractivity contribution in [2.45, 2.75) is 13.8 Å². The molecule has 1 aromatic heterocycles. The van der Waals surface area contributed by atoms with E-state index < -0.39 is 29.6 Å². The molecule has 2 atom stereocenters. The van der Waals surface area contributed by atoms with Gasteiger partial charge in [0.25, 0.3) is 0 Å². The van der Waals surface area contributed by atoms with Crippen LogP contribution < -0.4 is 9.47 Å². The molecule has 0 aliphatic carbocycles. The molecule has 0 saturated heterocycles. The molecule has 2 unspecified atom stereocenters. The van der Waals surface area contributed by atoms with Gasteiger partial charge in [0.2, 0.25) is 0 Å². The zero-order valence-corrected chi connectivity index (χ0v) is 16.6. The summed E-state index contributed by atoms with van der Waals surface area (Å²) >= 11 is 1.15. The third kappa shape index (κ3) is 4.05. The van der Waals surface area contributed by atoms with Gasteiger partial charge in [-0.1, -0.05) is 13.8 Å². The number of carboxylic acid groups (broad SMARTS) is 1. The number of thiophene rings is 1. The Balaban J connectivity index is 2.52. The number of ketones is 1. The summed E-state index contributed by atoms with van der Waals surface area (Å²) in [4.78, 5) is 37.2. The number of carboxylic acids is 1. The van der Waals surface area contributed by atoms with Gasteiger partial charge in [0.15, 0.2) is 17.3 Å². The Hall–Kier alpha value is -2.61. The molecule has 1 heterocycles. The molecular formula is C19H22O7S. The number of carbonyl (C=O) groups excluding carboxylic acids is 2. The lowest BCUT2D eigenvalue weighted by atomic mass is 9.80. The van der Waals surface area contributed by atoms with E-state index in [2.05, 4.69) is 0 Å². The smallest absolute Gasteiger partial charge is 0.315 e. The van der Waals surface area contributed by atoms with Crippen molar-refractivity contribution >= 4 is 39.1 Å². The maximum absolute atomic E-state index is 13.0. The van der Waals surface area contributed by atoms with E-state index in [4.69, 9.17) is 14.2 Å². The molecule has 1 N–H and O–H groups in total. The second-order valence-corrected chi connectivity index (χ2v) is 7.41. The summed E-state index contributed by atoms with van der Waals surface area (Å²) in [7, 11) is 4.19. The van der Waals surface area contributed by atoms with Crippen LogP contribution in [-0.2, 0) is 14.3 Å². The van der Waals surface area contributed by atoms with Crippen molar-refractivity contribution in [3.05, 3.63) is 23.1 Å². The number of ether oxygens (including phenoxy) is 3. The Morgan fingerprint density at radius 2 is 1.59 bits per heavy atom. The number of hydrogen-bond donors (Lipinski definition) is 1. The summed E-state index contributed by atoms with van der Waals surface area (Å²) in [6.07, 6.45) is 0. The Labute approximate surface area is 160 Å². The highest BCUT2D eigenvalue weighted by atomic mass is 32.1. The molecule has 2 rings (SSSR count). The average molecular weight is 394 g/mol. The molecule has 0 amide bonds. The number of rotatable bonds is 8. The van der Waals surface area contributed by atoms with Gasteiger partial charge in [0.1, 0.15) is 5.92 Å². The first-order valence-corrected chi connectivity index (χ1v) is 9.07. The lowest BCUT2D eigenvalue weighted by molar-refractivity contribution is -0.155. The predicted molar refractivity (Wildman–Crippen MR) is 101 cm³/mol. The number of Topliss-reactive ketones (excluding diaryl/α,β-unsaturated/α-hetero) is 1. The molecule has 1 aromatic carbocycles. The van der Waals surface area contributed by atoms with Gasteiger partial charge in [-0.3, -0.25) is 14.4 Å². The number of fused-ring (bicyclic) bond motifs is 1. The van der Waals surface area contributed by atoms with E-state index in [0.717, 1.165) is 21.4 Å². The first kappa shape index (κ1) is 20.7. The van der Waals surface area contributed by atoms with Crippen LogP contribution in [0.3, 0.4) is 0 Å². The molecule has 0 aliphatic heterocycles. The van der Waals surface area contributed by atoms with Crippen LogP contribution in [0.2, 0.25) is 0 Å². The number of carbonyl (C=O) groups is 3. The third-order valence-corrected chi connectivity index (χ3v) is 5.48.